The summed E-state index contributed by atoms with van der Waals surface area (Å²) < 4.78 is 2.13. The molecule has 0 atom stereocenters. The highest BCUT2D eigenvalue weighted by Gasteiger charge is 2.69. The molecule has 5 aliphatic rings. The molecule has 1 aromatic heterocycles. The van der Waals surface area contributed by atoms with Gasteiger partial charge in [-0.15, -0.1) is 0 Å². The summed E-state index contributed by atoms with van der Waals surface area (Å²) in [5.41, 5.74) is 13.6. The summed E-state index contributed by atoms with van der Waals surface area (Å²) in [6.07, 6.45) is 5.82. The first-order chi connectivity index (χ1) is 31.7. The van der Waals surface area contributed by atoms with E-state index in [4.69, 9.17) is 0 Å². The van der Waals surface area contributed by atoms with Crippen LogP contribution in [-0.4, -0.2) is 28.3 Å². The van der Waals surface area contributed by atoms with Crippen LogP contribution in [0.15, 0.2) is 132 Å². The molecule has 0 radical (unpaired) electrons. The van der Waals surface area contributed by atoms with E-state index in [0.29, 0.717) is 27.8 Å². The number of hydrogen-bond acceptors (Lipinski definition) is 5. The second kappa shape index (κ2) is 15.2. The monoisotopic (exact) mass is 859 g/mol. The molecular formula is C59H49N5O2. The first kappa shape index (κ1) is 42.3. The van der Waals surface area contributed by atoms with E-state index in [0.717, 1.165) is 83.0 Å². The number of carbonyl (C=O) groups excluding carboxylic acids is 2. The number of likely N-dealkylation sites (tertiary alicyclic amines) is 1. The van der Waals surface area contributed by atoms with Crippen LogP contribution < -0.4 is 0 Å². The summed E-state index contributed by atoms with van der Waals surface area (Å²) in [6.45, 7) is 7.75. The Labute approximate surface area is 386 Å². The average molecular weight is 860 g/mol. The highest BCUT2D eigenvalue weighted by atomic mass is 16.2. The number of aromatic nitrogens is 1. The summed E-state index contributed by atoms with van der Waals surface area (Å²) in [5, 5.41) is 30.3. The van der Waals surface area contributed by atoms with Crippen molar-refractivity contribution >= 4 is 28.3 Å². The number of fused-ring (bicyclic) bond motifs is 1. The summed E-state index contributed by atoms with van der Waals surface area (Å²) >= 11 is 0. The molecule has 66 heavy (non-hydrogen) atoms. The topological polar surface area (TPSA) is 114 Å². The summed E-state index contributed by atoms with van der Waals surface area (Å²) in [7, 11) is 3.57. The highest BCUT2D eigenvalue weighted by molar-refractivity contribution is 6.28. The van der Waals surface area contributed by atoms with Crippen LogP contribution in [0, 0.1) is 52.8 Å². The van der Waals surface area contributed by atoms with Crippen molar-refractivity contribution < 1.29 is 9.59 Å². The van der Waals surface area contributed by atoms with E-state index in [1.165, 1.54) is 27.2 Å². The number of hydrogen-bond donors (Lipinski definition) is 0. The maximum absolute atomic E-state index is 13.4. The van der Waals surface area contributed by atoms with E-state index >= 15 is 0 Å². The molecule has 7 heteroatoms. The highest BCUT2D eigenvalue weighted by Crippen LogP contribution is 2.74. The van der Waals surface area contributed by atoms with Gasteiger partial charge in [-0.05, 0) is 176 Å². The average Bonchev–Trinajstić information content (AvgIpc) is 3.72. The zero-order valence-electron chi connectivity index (χ0n) is 38.3. The molecule has 0 N–H and O–H groups in total. The Hall–Kier alpha value is -7.71. The van der Waals surface area contributed by atoms with Crippen LogP contribution in [0.3, 0.4) is 0 Å². The van der Waals surface area contributed by atoms with Gasteiger partial charge >= 0.3 is 0 Å². The fourth-order valence-corrected chi connectivity index (χ4v) is 13.3. The van der Waals surface area contributed by atoms with Crippen LogP contribution in [0.2, 0.25) is 0 Å². The van der Waals surface area contributed by atoms with Gasteiger partial charge in [0.2, 0.25) is 0 Å². The van der Waals surface area contributed by atoms with E-state index in [-0.39, 0.29) is 33.5 Å². The van der Waals surface area contributed by atoms with Crippen molar-refractivity contribution in [2.45, 2.75) is 87.9 Å². The molecule has 1 aliphatic heterocycles. The second-order valence-corrected chi connectivity index (χ2v) is 19.9. The van der Waals surface area contributed by atoms with E-state index in [9.17, 15) is 25.4 Å². The van der Waals surface area contributed by atoms with E-state index in [1.54, 1.807) is 7.05 Å². The standard InChI is InChI=1S/C59H49N5O2/c1-37(2)51-53(55(66)64(6)54(51)65)38(3)52-39(4)63(5)50-27-41(17-26-49(50)52)8-7-40-9-18-45(19-10-40)56-31-57(46-20-11-42(28-60)12-21-46)34-58(32-56,47-22-13-43(29-61)14-23-47)36-59(33-56,35-57)48-24-15-44(30-62)16-25-48/h9-27H,31-36H2,1-6H3/b53-38-. The molecule has 5 fully saturated rings. The lowest BCUT2D eigenvalue weighted by atomic mass is 9.32. The van der Waals surface area contributed by atoms with E-state index < -0.39 is 0 Å². The maximum atomic E-state index is 13.4. The fourth-order valence-electron chi connectivity index (χ4n) is 13.3. The Balaban J connectivity index is 1.05. The first-order valence-electron chi connectivity index (χ1n) is 22.6. The predicted octanol–water partition coefficient (Wildman–Crippen LogP) is 11.0. The molecular weight excluding hydrogens is 811 g/mol. The van der Waals surface area contributed by atoms with Crippen molar-refractivity contribution in [2.75, 3.05) is 7.05 Å². The quantitative estimate of drug-likeness (QED) is 0.0973. The van der Waals surface area contributed by atoms with Gasteiger partial charge in [-0.3, -0.25) is 14.5 Å². The Morgan fingerprint density at radius 1 is 0.500 bits per heavy atom. The van der Waals surface area contributed by atoms with Gasteiger partial charge < -0.3 is 4.57 Å². The number of nitrogens with zero attached hydrogens (tertiary/aromatic N) is 5. The number of benzene rings is 5. The van der Waals surface area contributed by atoms with Gasteiger partial charge in [0.25, 0.3) is 11.8 Å². The van der Waals surface area contributed by atoms with Gasteiger partial charge in [-0.2, -0.15) is 15.8 Å². The second-order valence-electron chi connectivity index (χ2n) is 19.9. The normalized spacial score (nSPS) is 24.7. The van der Waals surface area contributed by atoms with Crippen LogP contribution in [-0.2, 0) is 38.3 Å². The van der Waals surface area contributed by atoms with Crippen LogP contribution in [0.1, 0.15) is 121 Å². The fraction of sp³-hybridized carbons (Fsp3) is 0.271. The van der Waals surface area contributed by atoms with Gasteiger partial charge in [-0.1, -0.05) is 72.0 Å². The van der Waals surface area contributed by atoms with Gasteiger partial charge in [0.05, 0.1) is 46.0 Å². The molecule has 322 valence electrons. The van der Waals surface area contributed by atoms with Crippen molar-refractivity contribution in [2.24, 2.45) is 7.05 Å². The van der Waals surface area contributed by atoms with Gasteiger partial charge in [0.15, 0.2) is 0 Å². The SMILES string of the molecule is CC(C)=C1C(=O)N(C)C(=O)/C1=C(/C)c1c(C)n(C)c2cc(C#Cc3ccc(C45CC6(c7ccc(C#N)cc7)CC(c7ccc(C#N)cc7)(CC(c7ccc(C#N)cc7)(C6)C4)C5)cc3)ccc12. The van der Waals surface area contributed by atoms with Crippen LogP contribution in [0.25, 0.3) is 16.5 Å². The predicted molar refractivity (Wildman–Crippen MR) is 257 cm³/mol. The molecule has 2 amide bonds. The lowest BCUT2D eigenvalue weighted by Crippen LogP contribution is -2.67. The molecule has 4 saturated carbocycles. The molecule has 6 aromatic rings. The Morgan fingerprint density at radius 2 is 0.848 bits per heavy atom. The first-order valence-corrected chi connectivity index (χ1v) is 22.6. The number of likely N-dealkylation sites (N-methyl/N-ethyl adjacent to an activating group) is 1. The zero-order chi connectivity index (χ0) is 46.3. The van der Waals surface area contributed by atoms with Crippen molar-refractivity contribution in [3.8, 4) is 30.0 Å². The molecule has 2 heterocycles. The Morgan fingerprint density at radius 3 is 1.23 bits per heavy atom. The molecule has 5 aromatic carbocycles. The number of rotatable bonds is 5. The summed E-state index contributed by atoms with van der Waals surface area (Å²) in [4.78, 5) is 27.7. The van der Waals surface area contributed by atoms with Gasteiger partial charge in [-0.25, -0.2) is 0 Å². The maximum Gasteiger partial charge on any atom is 0.261 e. The Bertz CT molecular complexity index is 3140. The van der Waals surface area contributed by atoms with Crippen LogP contribution >= 0.6 is 0 Å². The van der Waals surface area contributed by atoms with Crippen molar-refractivity contribution in [3.05, 3.63) is 193 Å². The molecule has 11 rings (SSSR count). The van der Waals surface area contributed by atoms with Crippen molar-refractivity contribution in [1.82, 2.24) is 9.47 Å². The van der Waals surface area contributed by atoms with Gasteiger partial charge in [0, 0.05) is 47.4 Å². The molecule has 0 spiro atoms. The van der Waals surface area contributed by atoms with E-state index in [1.807, 2.05) is 77.2 Å². The minimum absolute atomic E-state index is 0.194. The third kappa shape index (κ3) is 6.38. The third-order valence-corrected chi connectivity index (χ3v) is 15.8. The number of allylic oxidation sites excluding steroid dienone is 2. The van der Waals surface area contributed by atoms with E-state index in [2.05, 4.69) is 107 Å². The minimum atomic E-state index is -0.274. The Kier molecular flexibility index (Phi) is 9.73. The zero-order valence-corrected chi connectivity index (χ0v) is 38.3. The van der Waals surface area contributed by atoms with Crippen LogP contribution in [0.4, 0.5) is 0 Å². The number of imide groups is 1. The van der Waals surface area contributed by atoms with Crippen molar-refractivity contribution in [3.63, 3.8) is 0 Å². The van der Waals surface area contributed by atoms with Crippen molar-refractivity contribution in [1.29, 1.82) is 15.8 Å². The number of amides is 2. The number of carbonyl (C=O) groups is 2. The van der Waals surface area contributed by atoms with Gasteiger partial charge in [0.1, 0.15) is 0 Å². The number of aryl methyl sites for hydroxylation is 1. The lowest BCUT2D eigenvalue weighted by molar-refractivity contribution is -0.134. The summed E-state index contributed by atoms with van der Waals surface area (Å²) in [5.74, 6) is 6.37. The molecule has 4 bridgehead atoms. The molecule has 1 saturated heterocycles. The lowest BCUT2D eigenvalue weighted by Gasteiger charge is -2.71. The molecule has 4 aliphatic carbocycles. The largest absolute Gasteiger partial charge is 0.347 e. The summed E-state index contributed by atoms with van der Waals surface area (Å²) in [6, 6.07) is 47.0. The minimum Gasteiger partial charge on any atom is -0.347 e. The molecule has 7 nitrogen and oxygen atoms in total. The van der Waals surface area contributed by atoms with Crippen LogP contribution in [0.5, 0.6) is 0 Å². The third-order valence-electron chi connectivity index (χ3n) is 15.8. The number of nitriles is 3. The smallest absolute Gasteiger partial charge is 0.261 e. The molecule has 0 unspecified atom stereocenters.